The first-order valence-corrected chi connectivity index (χ1v) is 5.00. The summed E-state index contributed by atoms with van der Waals surface area (Å²) in [6, 6.07) is 0. The minimum atomic E-state index is 0.932. The van der Waals surface area contributed by atoms with Crippen molar-refractivity contribution >= 4 is 0 Å². The molecule has 0 aromatic carbocycles. The van der Waals surface area contributed by atoms with Crippen LogP contribution in [0.3, 0.4) is 0 Å². The molecule has 1 rings (SSSR count). The molecule has 0 aromatic rings. The molecular formula is C11H20. The summed E-state index contributed by atoms with van der Waals surface area (Å²) in [5.74, 6) is 0.932. The zero-order chi connectivity index (χ0) is 8.10. The second-order valence-corrected chi connectivity index (χ2v) is 3.81. The molecule has 0 spiro atoms. The SMILES string of the molecule is CCC/C(C)=C\C1CCCC1. The largest absolute Gasteiger partial charge is 0.0825 e. The third-order valence-electron chi connectivity index (χ3n) is 2.56. The lowest BCUT2D eigenvalue weighted by atomic mass is 10.0. The van der Waals surface area contributed by atoms with Gasteiger partial charge in [-0.25, -0.2) is 0 Å². The molecule has 1 fully saturated rings. The lowest BCUT2D eigenvalue weighted by Gasteiger charge is -2.04. The second-order valence-electron chi connectivity index (χ2n) is 3.81. The van der Waals surface area contributed by atoms with Gasteiger partial charge in [0.1, 0.15) is 0 Å². The van der Waals surface area contributed by atoms with Crippen molar-refractivity contribution < 1.29 is 0 Å². The normalized spacial score (nSPS) is 21.1. The summed E-state index contributed by atoms with van der Waals surface area (Å²) < 4.78 is 0. The maximum atomic E-state index is 2.51. The first-order valence-electron chi connectivity index (χ1n) is 5.00. The first-order chi connectivity index (χ1) is 5.33. The molecule has 1 aliphatic carbocycles. The highest BCUT2D eigenvalue weighted by Crippen LogP contribution is 2.27. The predicted octanol–water partition coefficient (Wildman–Crippen LogP) is 3.92. The topological polar surface area (TPSA) is 0 Å². The molecule has 0 unspecified atom stereocenters. The van der Waals surface area contributed by atoms with Crippen molar-refractivity contribution in [1.82, 2.24) is 0 Å². The summed E-state index contributed by atoms with van der Waals surface area (Å²) in [4.78, 5) is 0. The van der Waals surface area contributed by atoms with Gasteiger partial charge in [-0.3, -0.25) is 0 Å². The third kappa shape index (κ3) is 3.09. The molecule has 0 aromatic heterocycles. The average Bonchev–Trinajstić information content (AvgIpc) is 2.40. The second kappa shape index (κ2) is 4.58. The van der Waals surface area contributed by atoms with Crippen molar-refractivity contribution in [2.75, 3.05) is 0 Å². The number of hydrogen-bond donors (Lipinski definition) is 0. The van der Waals surface area contributed by atoms with Gasteiger partial charge in [0, 0.05) is 0 Å². The zero-order valence-corrected chi connectivity index (χ0v) is 7.90. The van der Waals surface area contributed by atoms with E-state index in [9.17, 15) is 0 Å². The van der Waals surface area contributed by atoms with Crippen LogP contribution in [0, 0.1) is 5.92 Å². The summed E-state index contributed by atoms with van der Waals surface area (Å²) in [6.45, 7) is 4.54. The Hall–Kier alpha value is -0.260. The van der Waals surface area contributed by atoms with Crippen LogP contribution in [-0.4, -0.2) is 0 Å². The van der Waals surface area contributed by atoms with Crippen LogP contribution >= 0.6 is 0 Å². The maximum absolute atomic E-state index is 2.51. The van der Waals surface area contributed by atoms with Crippen LogP contribution in [-0.2, 0) is 0 Å². The summed E-state index contributed by atoms with van der Waals surface area (Å²) in [7, 11) is 0. The molecule has 1 saturated carbocycles. The molecule has 64 valence electrons. The van der Waals surface area contributed by atoms with E-state index in [0.717, 1.165) is 5.92 Å². The molecule has 0 aliphatic heterocycles. The van der Waals surface area contributed by atoms with Crippen molar-refractivity contribution in [3.8, 4) is 0 Å². The van der Waals surface area contributed by atoms with E-state index >= 15 is 0 Å². The third-order valence-corrected chi connectivity index (χ3v) is 2.56. The van der Waals surface area contributed by atoms with Crippen LogP contribution in [0.5, 0.6) is 0 Å². The lowest BCUT2D eigenvalue weighted by Crippen LogP contribution is -1.88. The van der Waals surface area contributed by atoms with Crippen LogP contribution < -0.4 is 0 Å². The molecule has 1 aliphatic rings. The Morgan fingerprint density at radius 1 is 1.36 bits per heavy atom. The fourth-order valence-corrected chi connectivity index (χ4v) is 2.00. The van der Waals surface area contributed by atoms with Crippen LogP contribution in [0.15, 0.2) is 11.6 Å². The van der Waals surface area contributed by atoms with E-state index < -0.39 is 0 Å². The number of allylic oxidation sites excluding steroid dienone is 2. The van der Waals surface area contributed by atoms with E-state index in [4.69, 9.17) is 0 Å². The van der Waals surface area contributed by atoms with Gasteiger partial charge in [-0.1, -0.05) is 37.8 Å². The van der Waals surface area contributed by atoms with Gasteiger partial charge >= 0.3 is 0 Å². The van der Waals surface area contributed by atoms with Crippen molar-refractivity contribution in [2.24, 2.45) is 5.92 Å². The Balaban J connectivity index is 2.30. The summed E-state index contributed by atoms with van der Waals surface area (Å²) >= 11 is 0. The van der Waals surface area contributed by atoms with Gasteiger partial charge in [-0.05, 0) is 32.1 Å². The average molecular weight is 152 g/mol. The fourth-order valence-electron chi connectivity index (χ4n) is 2.00. The zero-order valence-electron chi connectivity index (χ0n) is 7.90. The smallest absolute Gasteiger partial charge is 0.0231 e. The van der Waals surface area contributed by atoms with Gasteiger partial charge in [-0.2, -0.15) is 0 Å². The lowest BCUT2D eigenvalue weighted by molar-refractivity contribution is 0.674. The highest BCUT2D eigenvalue weighted by Gasteiger charge is 2.11. The van der Waals surface area contributed by atoms with Gasteiger partial charge in [0.05, 0.1) is 0 Å². The molecule has 0 heterocycles. The van der Waals surface area contributed by atoms with Crippen molar-refractivity contribution in [1.29, 1.82) is 0 Å². The van der Waals surface area contributed by atoms with Gasteiger partial charge < -0.3 is 0 Å². The Kier molecular flexibility index (Phi) is 3.68. The van der Waals surface area contributed by atoms with Crippen LogP contribution in [0.1, 0.15) is 52.4 Å². The van der Waals surface area contributed by atoms with E-state index in [2.05, 4.69) is 19.9 Å². The molecule has 0 bridgehead atoms. The van der Waals surface area contributed by atoms with E-state index in [1.54, 1.807) is 5.57 Å². The summed E-state index contributed by atoms with van der Waals surface area (Å²) in [5, 5.41) is 0. The Labute approximate surface area is 70.7 Å². The van der Waals surface area contributed by atoms with Gasteiger partial charge in [0.2, 0.25) is 0 Å². The highest BCUT2D eigenvalue weighted by atomic mass is 14.2. The Morgan fingerprint density at radius 2 is 2.00 bits per heavy atom. The molecule has 0 nitrogen and oxygen atoms in total. The predicted molar refractivity (Wildman–Crippen MR) is 50.6 cm³/mol. The highest BCUT2D eigenvalue weighted by molar-refractivity contribution is 5.01. The quantitative estimate of drug-likeness (QED) is 0.538. The van der Waals surface area contributed by atoms with E-state index in [0.29, 0.717) is 0 Å². The van der Waals surface area contributed by atoms with Crippen LogP contribution in [0.25, 0.3) is 0 Å². The molecular weight excluding hydrogens is 132 g/mol. The molecule has 0 N–H and O–H groups in total. The summed E-state index contributed by atoms with van der Waals surface area (Å²) in [6.07, 6.45) is 10.9. The minimum absolute atomic E-state index is 0.932. The molecule has 11 heavy (non-hydrogen) atoms. The van der Waals surface area contributed by atoms with Crippen LogP contribution in [0.4, 0.5) is 0 Å². The standard InChI is InChI=1S/C11H20/c1-3-6-10(2)9-11-7-4-5-8-11/h9,11H,3-8H2,1-2H3/b10-9-. The van der Waals surface area contributed by atoms with Crippen molar-refractivity contribution in [2.45, 2.75) is 52.4 Å². The van der Waals surface area contributed by atoms with E-state index in [1.165, 1.54) is 38.5 Å². The first kappa shape index (κ1) is 8.83. The van der Waals surface area contributed by atoms with Gasteiger partial charge in [0.25, 0.3) is 0 Å². The molecule has 0 amide bonds. The van der Waals surface area contributed by atoms with E-state index in [-0.39, 0.29) is 0 Å². The van der Waals surface area contributed by atoms with Gasteiger partial charge in [0.15, 0.2) is 0 Å². The van der Waals surface area contributed by atoms with E-state index in [1.807, 2.05) is 0 Å². The monoisotopic (exact) mass is 152 g/mol. The Bertz CT molecular complexity index is 127. The molecule has 0 heteroatoms. The molecule has 0 saturated heterocycles. The Morgan fingerprint density at radius 3 is 2.55 bits per heavy atom. The fraction of sp³-hybridized carbons (Fsp3) is 0.818. The molecule has 0 atom stereocenters. The molecule has 0 radical (unpaired) electrons. The maximum Gasteiger partial charge on any atom is -0.0231 e. The number of rotatable bonds is 3. The number of hydrogen-bond acceptors (Lipinski definition) is 0. The van der Waals surface area contributed by atoms with Crippen LogP contribution in [0.2, 0.25) is 0 Å². The van der Waals surface area contributed by atoms with Crippen molar-refractivity contribution in [3.63, 3.8) is 0 Å². The minimum Gasteiger partial charge on any atom is -0.0825 e. The van der Waals surface area contributed by atoms with Gasteiger partial charge in [-0.15, -0.1) is 0 Å². The summed E-state index contributed by atoms with van der Waals surface area (Å²) in [5.41, 5.74) is 1.61. The van der Waals surface area contributed by atoms with Crippen molar-refractivity contribution in [3.05, 3.63) is 11.6 Å².